The maximum Gasteiger partial charge on any atom is 0.155 e. The van der Waals surface area contributed by atoms with Crippen molar-refractivity contribution in [1.82, 2.24) is 0 Å². The summed E-state index contributed by atoms with van der Waals surface area (Å²) in [6.07, 6.45) is 12.4. The van der Waals surface area contributed by atoms with Crippen molar-refractivity contribution in [3.05, 3.63) is 11.6 Å². The summed E-state index contributed by atoms with van der Waals surface area (Å²) in [6.45, 7) is 14.3. The molecule has 0 aliphatic heterocycles. The summed E-state index contributed by atoms with van der Waals surface area (Å²) in [4.78, 5) is 12.1. The summed E-state index contributed by atoms with van der Waals surface area (Å²) in [6, 6.07) is 0. The fraction of sp³-hybridized carbons (Fsp3) is 0.893. The minimum absolute atomic E-state index is 0.163. The number of aliphatic hydroxyl groups is 1. The molecule has 0 aromatic carbocycles. The van der Waals surface area contributed by atoms with E-state index in [0.29, 0.717) is 34.9 Å². The Kier molecular flexibility index (Phi) is 6.06. The molecule has 4 rings (SSSR count). The van der Waals surface area contributed by atoms with Gasteiger partial charge in [-0.1, -0.05) is 47.1 Å². The molecule has 0 aromatic heterocycles. The van der Waals surface area contributed by atoms with Crippen LogP contribution in [0, 0.1) is 52.3 Å². The van der Waals surface area contributed by atoms with Gasteiger partial charge in [-0.05, 0) is 110 Å². The average molecular weight is 415 g/mol. The Morgan fingerprint density at radius 2 is 1.73 bits per heavy atom. The first-order valence-corrected chi connectivity index (χ1v) is 13.0. The van der Waals surface area contributed by atoms with Gasteiger partial charge >= 0.3 is 0 Å². The smallest absolute Gasteiger partial charge is 0.155 e. The van der Waals surface area contributed by atoms with E-state index in [4.69, 9.17) is 0 Å². The van der Waals surface area contributed by atoms with Crippen molar-refractivity contribution in [2.24, 2.45) is 52.3 Å². The molecule has 0 aromatic rings. The fourth-order valence-electron chi connectivity index (χ4n) is 8.60. The van der Waals surface area contributed by atoms with Gasteiger partial charge in [0.05, 0.1) is 6.10 Å². The number of aliphatic hydroxyl groups excluding tert-OH is 1. The Morgan fingerprint density at radius 1 is 1.00 bits per heavy atom. The van der Waals surface area contributed by atoms with Gasteiger partial charge < -0.3 is 5.11 Å². The van der Waals surface area contributed by atoms with Crippen LogP contribution >= 0.6 is 0 Å². The number of fused-ring (bicyclic) bond motifs is 5. The lowest BCUT2D eigenvalue weighted by Gasteiger charge is -2.58. The summed E-state index contributed by atoms with van der Waals surface area (Å²) in [5.41, 5.74) is 2.14. The van der Waals surface area contributed by atoms with E-state index in [1.165, 1.54) is 37.7 Å². The second kappa shape index (κ2) is 8.05. The maximum atomic E-state index is 12.1. The molecular weight excluding hydrogens is 368 g/mol. The number of hydrogen-bond acceptors (Lipinski definition) is 2. The highest BCUT2D eigenvalue weighted by Crippen LogP contribution is 2.67. The molecule has 0 radical (unpaired) electrons. The first kappa shape index (κ1) is 22.6. The van der Waals surface area contributed by atoms with Gasteiger partial charge in [0.15, 0.2) is 5.78 Å². The van der Waals surface area contributed by atoms with Crippen LogP contribution in [-0.4, -0.2) is 17.0 Å². The standard InChI is InChI=1S/C28H46O2/c1-17(2)18(3)15-26(30)19(4)23-9-10-24-22-8-7-20-16-21(29)11-13-27(20,5)25(22)12-14-28(23,24)6/h16-19,22-26,30H,7-15H2,1-6H3/t18-,19+,22?,23?,24?,25?,26+,27+,28-/m1/s1. The highest BCUT2D eigenvalue weighted by Gasteiger charge is 2.59. The average Bonchev–Trinajstić information content (AvgIpc) is 3.04. The van der Waals surface area contributed by atoms with E-state index in [1.54, 1.807) is 0 Å². The second-order valence-electron chi connectivity index (χ2n) is 12.6. The third kappa shape index (κ3) is 3.54. The summed E-state index contributed by atoms with van der Waals surface area (Å²) in [5.74, 6) is 5.06. The van der Waals surface area contributed by atoms with E-state index in [2.05, 4.69) is 41.5 Å². The van der Waals surface area contributed by atoms with E-state index in [-0.39, 0.29) is 11.5 Å². The van der Waals surface area contributed by atoms with E-state index in [0.717, 1.165) is 43.4 Å². The van der Waals surface area contributed by atoms with Crippen molar-refractivity contribution in [2.45, 2.75) is 105 Å². The van der Waals surface area contributed by atoms with Gasteiger partial charge in [-0.15, -0.1) is 0 Å². The first-order valence-electron chi connectivity index (χ1n) is 13.0. The second-order valence-corrected chi connectivity index (χ2v) is 12.6. The van der Waals surface area contributed by atoms with Crippen LogP contribution < -0.4 is 0 Å². The molecular formula is C28H46O2. The zero-order valence-corrected chi connectivity index (χ0v) is 20.4. The summed E-state index contributed by atoms with van der Waals surface area (Å²) < 4.78 is 0. The molecule has 3 fully saturated rings. The number of hydrogen-bond donors (Lipinski definition) is 1. The summed E-state index contributed by atoms with van der Waals surface area (Å²) in [5, 5.41) is 11.1. The molecule has 1 N–H and O–H groups in total. The minimum Gasteiger partial charge on any atom is -0.393 e. The van der Waals surface area contributed by atoms with Crippen LogP contribution in [-0.2, 0) is 4.79 Å². The highest BCUT2D eigenvalue weighted by atomic mass is 16.3. The number of rotatable bonds is 5. The molecule has 2 heteroatoms. The van der Waals surface area contributed by atoms with Crippen LogP contribution in [0.25, 0.3) is 0 Å². The monoisotopic (exact) mass is 414 g/mol. The van der Waals surface area contributed by atoms with Crippen LogP contribution in [0.2, 0.25) is 0 Å². The van der Waals surface area contributed by atoms with Crippen molar-refractivity contribution in [3.8, 4) is 0 Å². The quantitative estimate of drug-likeness (QED) is 0.536. The first-order chi connectivity index (χ1) is 14.1. The van der Waals surface area contributed by atoms with Crippen molar-refractivity contribution < 1.29 is 9.90 Å². The van der Waals surface area contributed by atoms with Gasteiger partial charge in [0.25, 0.3) is 0 Å². The van der Waals surface area contributed by atoms with Crippen LogP contribution in [0.15, 0.2) is 11.6 Å². The third-order valence-electron chi connectivity index (χ3n) is 11.0. The van der Waals surface area contributed by atoms with Crippen molar-refractivity contribution in [2.75, 3.05) is 0 Å². The molecule has 4 aliphatic rings. The molecule has 9 atom stereocenters. The van der Waals surface area contributed by atoms with Gasteiger partial charge in [-0.3, -0.25) is 4.79 Å². The predicted molar refractivity (Wildman–Crippen MR) is 124 cm³/mol. The molecule has 170 valence electrons. The van der Waals surface area contributed by atoms with Gasteiger partial charge in [0.2, 0.25) is 0 Å². The van der Waals surface area contributed by atoms with E-state index < -0.39 is 0 Å². The maximum absolute atomic E-state index is 12.1. The van der Waals surface area contributed by atoms with E-state index in [1.807, 2.05) is 6.08 Å². The molecule has 4 aliphatic carbocycles. The summed E-state index contributed by atoms with van der Waals surface area (Å²) in [7, 11) is 0. The summed E-state index contributed by atoms with van der Waals surface area (Å²) >= 11 is 0. The van der Waals surface area contributed by atoms with Crippen LogP contribution in [0.5, 0.6) is 0 Å². The SMILES string of the molecule is CC(C)[C@H](C)C[C@H](O)[C@@H](C)C1CCC2C3CCC4=CC(=O)CC[C@]4(C)C3CC[C@@]21C. The molecule has 3 saturated carbocycles. The van der Waals surface area contributed by atoms with E-state index in [9.17, 15) is 9.90 Å². The highest BCUT2D eigenvalue weighted by molar-refractivity contribution is 5.91. The van der Waals surface area contributed by atoms with Gasteiger partial charge in [-0.2, -0.15) is 0 Å². The molecule has 0 heterocycles. The number of carbonyl (C=O) groups is 1. The lowest BCUT2D eigenvalue weighted by atomic mass is 9.46. The van der Waals surface area contributed by atoms with Crippen molar-refractivity contribution in [1.29, 1.82) is 0 Å². The Morgan fingerprint density at radius 3 is 2.43 bits per heavy atom. The minimum atomic E-state index is -0.163. The zero-order chi connectivity index (χ0) is 21.8. The topological polar surface area (TPSA) is 37.3 Å². The molecule has 30 heavy (non-hydrogen) atoms. The lowest BCUT2D eigenvalue weighted by molar-refractivity contribution is -0.117. The molecule has 4 unspecified atom stereocenters. The van der Waals surface area contributed by atoms with Gasteiger partial charge in [-0.25, -0.2) is 0 Å². The van der Waals surface area contributed by atoms with Gasteiger partial charge in [0, 0.05) is 6.42 Å². The zero-order valence-electron chi connectivity index (χ0n) is 20.4. The molecule has 0 bridgehead atoms. The van der Waals surface area contributed by atoms with Crippen LogP contribution in [0.3, 0.4) is 0 Å². The van der Waals surface area contributed by atoms with Crippen molar-refractivity contribution in [3.63, 3.8) is 0 Å². The number of allylic oxidation sites excluding steroid dienone is 1. The Bertz CT molecular complexity index is 693. The number of carbonyl (C=O) groups excluding carboxylic acids is 1. The van der Waals surface area contributed by atoms with E-state index >= 15 is 0 Å². The molecule has 0 amide bonds. The normalized spacial score (nSPS) is 44.0. The molecule has 0 spiro atoms. The van der Waals surface area contributed by atoms with Crippen LogP contribution in [0.1, 0.15) is 99.3 Å². The lowest BCUT2D eigenvalue weighted by Crippen LogP contribution is -2.51. The van der Waals surface area contributed by atoms with Gasteiger partial charge in [0.1, 0.15) is 0 Å². The third-order valence-corrected chi connectivity index (χ3v) is 11.0. The van der Waals surface area contributed by atoms with Crippen molar-refractivity contribution >= 4 is 5.78 Å². The largest absolute Gasteiger partial charge is 0.393 e. The molecule has 0 saturated heterocycles. The Hall–Kier alpha value is -0.630. The Balaban J connectivity index is 1.51. The van der Waals surface area contributed by atoms with Crippen LogP contribution in [0.4, 0.5) is 0 Å². The fourth-order valence-corrected chi connectivity index (χ4v) is 8.60. The number of ketones is 1. The Labute approximate surface area is 185 Å². The molecule has 2 nitrogen and oxygen atoms in total. The predicted octanol–water partition coefficient (Wildman–Crippen LogP) is 6.81.